The second-order valence-corrected chi connectivity index (χ2v) is 13.7. The summed E-state index contributed by atoms with van der Waals surface area (Å²) >= 11 is 15.2. The van der Waals surface area contributed by atoms with Crippen LogP contribution in [0.4, 0.5) is 11.6 Å². The second-order valence-electron chi connectivity index (χ2n) is 10.6. The average molecular weight is 796 g/mol. The minimum atomic E-state index is -0.633. The van der Waals surface area contributed by atoms with Crippen LogP contribution in [0.2, 0.25) is 5.02 Å². The van der Waals surface area contributed by atoms with Crippen molar-refractivity contribution >= 4 is 72.8 Å². The molecule has 1 aliphatic rings. The number of allylic oxidation sites excluding steroid dienone is 1. The molecule has 1 amide bonds. The van der Waals surface area contributed by atoms with Crippen LogP contribution in [0.25, 0.3) is 0 Å². The number of hydrogen-bond acceptors (Lipinski definition) is 7. The SMILES string of the molecule is CCOc1cc(C2C(C(=O)Nc3ccccc3)=C(C)Nc3nc(SCc4ccccc4Cl)nn32)cc(Br)c1OCc1cccc(Br)c1. The average Bonchev–Trinajstić information content (AvgIpc) is 3.46. The van der Waals surface area contributed by atoms with Gasteiger partial charge in [-0.3, -0.25) is 4.79 Å². The Balaban J connectivity index is 1.39. The first-order chi connectivity index (χ1) is 22.8. The van der Waals surface area contributed by atoms with Gasteiger partial charge in [0.25, 0.3) is 5.91 Å². The lowest BCUT2D eigenvalue weighted by Gasteiger charge is -2.29. The van der Waals surface area contributed by atoms with Gasteiger partial charge < -0.3 is 20.1 Å². The molecule has 0 bridgehead atoms. The molecule has 47 heavy (non-hydrogen) atoms. The minimum absolute atomic E-state index is 0.262. The molecule has 5 aromatic rings. The van der Waals surface area contributed by atoms with Gasteiger partial charge >= 0.3 is 0 Å². The van der Waals surface area contributed by atoms with Gasteiger partial charge in [0.05, 0.1) is 16.7 Å². The summed E-state index contributed by atoms with van der Waals surface area (Å²) < 4.78 is 15.8. The Morgan fingerprint density at radius 1 is 1.02 bits per heavy atom. The van der Waals surface area contributed by atoms with E-state index in [0.717, 1.165) is 21.2 Å². The molecule has 240 valence electrons. The molecule has 2 N–H and O–H groups in total. The zero-order valence-electron chi connectivity index (χ0n) is 25.5. The third-order valence-corrected chi connectivity index (χ3v) is 9.68. The molecule has 1 atom stereocenters. The Morgan fingerprint density at radius 3 is 2.57 bits per heavy atom. The van der Waals surface area contributed by atoms with Crippen LogP contribution >= 0.6 is 55.2 Å². The van der Waals surface area contributed by atoms with Crippen molar-refractivity contribution < 1.29 is 14.3 Å². The number of benzene rings is 4. The highest BCUT2D eigenvalue weighted by Gasteiger charge is 2.35. The van der Waals surface area contributed by atoms with Crippen molar-refractivity contribution in [2.75, 3.05) is 17.2 Å². The standard InChI is InChI=1S/C35H30Br2ClN5O3S/c1-3-45-29-18-24(17-27(37)32(29)46-19-22-10-9-12-25(36)16-22)31-30(33(44)40-26-13-5-4-6-14-26)21(2)39-34-41-35(42-43(31)34)47-20-23-11-7-8-15-28(23)38/h4-18,31H,3,19-20H2,1-2H3,(H,40,44)(H,39,41,42). The molecule has 0 aliphatic carbocycles. The van der Waals surface area contributed by atoms with Crippen LogP contribution in [0.15, 0.2) is 116 Å². The lowest BCUT2D eigenvalue weighted by atomic mass is 9.94. The van der Waals surface area contributed by atoms with Gasteiger partial charge in [-0.05, 0) is 88.9 Å². The number of nitrogens with one attached hydrogen (secondary N) is 2. The third kappa shape index (κ3) is 7.70. The zero-order chi connectivity index (χ0) is 32.9. The van der Waals surface area contributed by atoms with Gasteiger partial charge in [0, 0.05) is 26.6 Å². The molecule has 1 aliphatic heterocycles. The lowest BCUT2D eigenvalue weighted by molar-refractivity contribution is -0.113. The van der Waals surface area contributed by atoms with E-state index in [9.17, 15) is 4.79 Å². The van der Waals surface area contributed by atoms with E-state index in [4.69, 9.17) is 31.2 Å². The van der Waals surface area contributed by atoms with Crippen molar-refractivity contribution in [2.24, 2.45) is 0 Å². The molecule has 12 heteroatoms. The van der Waals surface area contributed by atoms with E-state index in [1.807, 2.05) is 105 Å². The molecule has 1 unspecified atom stereocenters. The second kappa shape index (κ2) is 15.0. The summed E-state index contributed by atoms with van der Waals surface area (Å²) in [5.41, 5.74) is 4.59. The monoisotopic (exact) mass is 793 g/mol. The van der Waals surface area contributed by atoms with E-state index in [1.165, 1.54) is 11.8 Å². The third-order valence-electron chi connectivity index (χ3n) is 7.34. The fourth-order valence-electron chi connectivity index (χ4n) is 5.20. The minimum Gasteiger partial charge on any atom is -0.490 e. The molecule has 6 rings (SSSR count). The first-order valence-electron chi connectivity index (χ1n) is 14.8. The fraction of sp³-hybridized carbons (Fsp3) is 0.171. The van der Waals surface area contributed by atoms with E-state index >= 15 is 0 Å². The number of carbonyl (C=O) groups is 1. The van der Waals surface area contributed by atoms with Gasteiger partial charge in [-0.2, -0.15) is 4.98 Å². The van der Waals surface area contributed by atoms with Gasteiger partial charge in [-0.15, -0.1) is 5.10 Å². The van der Waals surface area contributed by atoms with Gasteiger partial charge in [0.1, 0.15) is 12.6 Å². The van der Waals surface area contributed by atoms with Crippen molar-refractivity contribution in [3.05, 3.63) is 133 Å². The molecular formula is C35H30Br2ClN5O3S. The van der Waals surface area contributed by atoms with E-state index in [2.05, 4.69) is 42.5 Å². The first kappa shape index (κ1) is 33.1. The number of anilines is 2. The van der Waals surface area contributed by atoms with Crippen LogP contribution in [0.3, 0.4) is 0 Å². The lowest BCUT2D eigenvalue weighted by Crippen LogP contribution is -2.31. The number of fused-ring (bicyclic) bond motifs is 1. The molecule has 0 fully saturated rings. The number of para-hydroxylation sites is 1. The predicted molar refractivity (Wildman–Crippen MR) is 194 cm³/mol. The van der Waals surface area contributed by atoms with E-state index in [0.29, 0.717) is 68.0 Å². The van der Waals surface area contributed by atoms with Gasteiger partial charge in [0.2, 0.25) is 11.1 Å². The van der Waals surface area contributed by atoms with Crippen LogP contribution in [0, 0.1) is 0 Å². The number of rotatable bonds is 11. The largest absolute Gasteiger partial charge is 0.490 e. The molecular weight excluding hydrogens is 766 g/mol. The summed E-state index contributed by atoms with van der Waals surface area (Å²) in [6.45, 7) is 4.55. The highest BCUT2D eigenvalue weighted by Crippen LogP contribution is 2.44. The van der Waals surface area contributed by atoms with E-state index in [1.54, 1.807) is 4.68 Å². The van der Waals surface area contributed by atoms with Crippen LogP contribution in [0.1, 0.15) is 36.6 Å². The normalized spacial score (nSPS) is 13.9. The number of thioether (sulfide) groups is 1. The number of hydrogen-bond donors (Lipinski definition) is 2. The number of amides is 1. The highest BCUT2D eigenvalue weighted by molar-refractivity contribution is 9.10. The van der Waals surface area contributed by atoms with Crippen LogP contribution < -0.4 is 20.1 Å². The zero-order valence-corrected chi connectivity index (χ0v) is 30.2. The maximum absolute atomic E-state index is 14.0. The van der Waals surface area contributed by atoms with Crippen molar-refractivity contribution in [1.29, 1.82) is 0 Å². The Kier molecular flexibility index (Phi) is 10.6. The Bertz CT molecular complexity index is 1950. The molecule has 0 radical (unpaired) electrons. The molecule has 0 spiro atoms. The maximum Gasteiger partial charge on any atom is 0.255 e. The van der Waals surface area contributed by atoms with Crippen molar-refractivity contribution in [3.8, 4) is 11.5 Å². The number of carbonyl (C=O) groups excluding carboxylic acids is 1. The van der Waals surface area contributed by atoms with Crippen LogP contribution in [0.5, 0.6) is 11.5 Å². The fourth-order valence-corrected chi connectivity index (χ4v) is 7.34. The van der Waals surface area contributed by atoms with Crippen molar-refractivity contribution in [3.63, 3.8) is 0 Å². The van der Waals surface area contributed by atoms with Gasteiger partial charge in [-0.1, -0.05) is 87.8 Å². The Labute approximate surface area is 299 Å². The topological polar surface area (TPSA) is 90.3 Å². The van der Waals surface area contributed by atoms with Crippen LogP contribution in [-0.4, -0.2) is 27.3 Å². The summed E-state index contributed by atoms with van der Waals surface area (Å²) in [5.74, 6) is 1.96. The predicted octanol–water partition coefficient (Wildman–Crippen LogP) is 9.65. The molecule has 0 saturated heterocycles. The summed E-state index contributed by atoms with van der Waals surface area (Å²) in [4.78, 5) is 18.8. The Morgan fingerprint density at radius 2 is 1.81 bits per heavy atom. The highest BCUT2D eigenvalue weighted by atomic mass is 79.9. The summed E-state index contributed by atoms with van der Waals surface area (Å²) in [5, 5.41) is 12.5. The molecule has 1 aromatic heterocycles. The molecule has 2 heterocycles. The van der Waals surface area contributed by atoms with Crippen molar-refractivity contribution in [1.82, 2.24) is 14.8 Å². The molecule has 0 saturated carbocycles. The van der Waals surface area contributed by atoms with Crippen molar-refractivity contribution in [2.45, 2.75) is 37.4 Å². The number of nitrogens with zero attached hydrogens (tertiary/aromatic N) is 3. The number of halogens is 3. The molecule has 8 nitrogen and oxygen atoms in total. The first-order valence-corrected chi connectivity index (χ1v) is 17.8. The van der Waals surface area contributed by atoms with Gasteiger partial charge in [0.15, 0.2) is 11.5 Å². The molecule has 4 aromatic carbocycles. The maximum atomic E-state index is 14.0. The Hall–Kier alpha value is -3.77. The quantitative estimate of drug-likeness (QED) is 0.129. The summed E-state index contributed by atoms with van der Waals surface area (Å²) in [6, 6.07) is 28.2. The van der Waals surface area contributed by atoms with Crippen LogP contribution in [-0.2, 0) is 17.2 Å². The number of ether oxygens (including phenoxy) is 2. The van der Waals surface area contributed by atoms with E-state index < -0.39 is 6.04 Å². The smallest absolute Gasteiger partial charge is 0.255 e. The summed E-state index contributed by atoms with van der Waals surface area (Å²) in [6.07, 6.45) is 0. The number of aromatic nitrogens is 3. The summed E-state index contributed by atoms with van der Waals surface area (Å²) in [7, 11) is 0. The van der Waals surface area contributed by atoms with E-state index in [-0.39, 0.29) is 5.91 Å². The van der Waals surface area contributed by atoms with Gasteiger partial charge in [-0.25, -0.2) is 4.68 Å².